The monoisotopic (exact) mass is 299 g/mol. The van der Waals surface area contributed by atoms with Crippen LogP contribution in [-0.4, -0.2) is 9.97 Å². The van der Waals surface area contributed by atoms with E-state index < -0.39 is 0 Å². The number of nitrogens with two attached hydrogens (primary N) is 1. The van der Waals surface area contributed by atoms with Gasteiger partial charge in [0.05, 0.1) is 0 Å². The van der Waals surface area contributed by atoms with Gasteiger partial charge in [-0.15, -0.1) is 0 Å². The normalized spacial score (nSPS) is 10.8. The van der Waals surface area contributed by atoms with Crippen LogP contribution in [0.4, 0.5) is 5.95 Å². The van der Waals surface area contributed by atoms with E-state index >= 15 is 0 Å². The maximum absolute atomic E-state index is 6.14. The van der Waals surface area contributed by atoms with Crippen molar-refractivity contribution in [2.75, 3.05) is 5.73 Å². The first-order valence-electron chi connectivity index (χ1n) is 6.50. The van der Waals surface area contributed by atoms with Gasteiger partial charge in [0.25, 0.3) is 0 Å². The fourth-order valence-electron chi connectivity index (χ4n) is 2.25. The first-order valence-corrected chi connectivity index (χ1v) is 6.87. The SMILES string of the molecule is Cc1cc(Cl)cc(-c2cnc(N)nc2-c2ccc(C)o2)c1. The Morgan fingerprint density at radius 1 is 1.14 bits per heavy atom. The molecule has 0 aliphatic carbocycles. The van der Waals surface area contributed by atoms with Gasteiger partial charge < -0.3 is 10.2 Å². The van der Waals surface area contributed by atoms with E-state index in [9.17, 15) is 0 Å². The lowest BCUT2D eigenvalue weighted by molar-refractivity contribution is 0.546. The molecule has 0 aliphatic heterocycles. The first-order chi connectivity index (χ1) is 10.0. The number of nitrogens with zero attached hydrogens (tertiary/aromatic N) is 2. The van der Waals surface area contributed by atoms with Gasteiger partial charge in [0.2, 0.25) is 5.95 Å². The molecule has 106 valence electrons. The third kappa shape index (κ3) is 2.76. The van der Waals surface area contributed by atoms with Crippen molar-refractivity contribution < 1.29 is 4.42 Å². The van der Waals surface area contributed by atoms with Crippen LogP contribution in [0.15, 0.2) is 40.9 Å². The molecule has 2 heterocycles. The predicted octanol–water partition coefficient (Wildman–Crippen LogP) is 4.26. The Bertz CT molecular complexity index is 791. The van der Waals surface area contributed by atoms with Crippen LogP contribution in [0.5, 0.6) is 0 Å². The lowest BCUT2D eigenvalue weighted by Crippen LogP contribution is -1.98. The van der Waals surface area contributed by atoms with Crippen molar-refractivity contribution in [3.63, 3.8) is 0 Å². The third-order valence-electron chi connectivity index (χ3n) is 3.13. The van der Waals surface area contributed by atoms with Crippen molar-refractivity contribution in [1.82, 2.24) is 9.97 Å². The molecule has 3 aromatic rings. The summed E-state index contributed by atoms with van der Waals surface area (Å²) in [6.45, 7) is 3.88. The number of hydrogen-bond acceptors (Lipinski definition) is 4. The number of halogens is 1. The number of aromatic nitrogens is 2. The van der Waals surface area contributed by atoms with E-state index in [1.807, 2.05) is 44.2 Å². The number of rotatable bonds is 2. The Labute approximate surface area is 127 Å². The molecule has 0 spiro atoms. The molecule has 2 N–H and O–H groups in total. The van der Waals surface area contributed by atoms with Crippen molar-refractivity contribution in [3.8, 4) is 22.6 Å². The highest BCUT2D eigenvalue weighted by atomic mass is 35.5. The Balaban J connectivity index is 2.23. The van der Waals surface area contributed by atoms with Gasteiger partial charge in [-0.1, -0.05) is 17.7 Å². The highest BCUT2D eigenvalue weighted by molar-refractivity contribution is 6.31. The van der Waals surface area contributed by atoms with Crippen LogP contribution in [0.3, 0.4) is 0 Å². The maximum atomic E-state index is 6.14. The number of hydrogen-bond donors (Lipinski definition) is 1. The van der Waals surface area contributed by atoms with Gasteiger partial charge in [-0.3, -0.25) is 0 Å². The number of anilines is 1. The fraction of sp³-hybridized carbons (Fsp3) is 0.125. The maximum Gasteiger partial charge on any atom is 0.220 e. The number of nitrogen functional groups attached to an aromatic ring is 1. The second-order valence-electron chi connectivity index (χ2n) is 4.92. The minimum Gasteiger partial charge on any atom is -0.460 e. The smallest absolute Gasteiger partial charge is 0.220 e. The molecule has 0 bridgehead atoms. The summed E-state index contributed by atoms with van der Waals surface area (Å²) in [6, 6.07) is 9.57. The molecule has 3 rings (SSSR count). The number of aryl methyl sites for hydroxylation is 2. The van der Waals surface area contributed by atoms with E-state index in [2.05, 4.69) is 9.97 Å². The standard InChI is InChI=1S/C16H14ClN3O/c1-9-5-11(7-12(17)6-9)13-8-19-16(18)20-15(13)14-4-3-10(2)21-14/h3-8H,1-2H3,(H2,18,19,20). The van der Waals surface area contributed by atoms with Crippen LogP contribution in [0.1, 0.15) is 11.3 Å². The largest absolute Gasteiger partial charge is 0.460 e. The van der Waals surface area contributed by atoms with Crippen molar-refractivity contribution in [2.24, 2.45) is 0 Å². The highest BCUT2D eigenvalue weighted by Gasteiger charge is 2.14. The molecule has 0 saturated carbocycles. The first kappa shape index (κ1) is 13.6. The number of furan rings is 1. The molecule has 0 radical (unpaired) electrons. The zero-order valence-corrected chi connectivity index (χ0v) is 12.5. The zero-order valence-electron chi connectivity index (χ0n) is 11.7. The van der Waals surface area contributed by atoms with E-state index in [0.717, 1.165) is 22.5 Å². The van der Waals surface area contributed by atoms with Gasteiger partial charge in [0.1, 0.15) is 11.5 Å². The molecule has 21 heavy (non-hydrogen) atoms. The van der Waals surface area contributed by atoms with Gasteiger partial charge in [0.15, 0.2) is 5.76 Å². The molecule has 2 aromatic heterocycles. The van der Waals surface area contributed by atoms with E-state index in [0.29, 0.717) is 16.5 Å². The average molecular weight is 300 g/mol. The third-order valence-corrected chi connectivity index (χ3v) is 3.35. The van der Waals surface area contributed by atoms with Crippen molar-refractivity contribution in [1.29, 1.82) is 0 Å². The summed E-state index contributed by atoms with van der Waals surface area (Å²) in [5, 5.41) is 0.670. The predicted molar refractivity (Wildman–Crippen MR) is 84.1 cm³/mol. The van der Waals surface area contributed by atoms with Crippen LogP contribution in [-0.2, 0) is 0 Å². The lowest BCUT2D eigenvalue weighted by atomic mass is 10.0. The Morgan fingerprint density at radius 2 is 1.95 bits per heavy atom. The van der Waals surface area contributed by atoms with Crippen molar-refractivity contribution >= 4 is 17.5 Å². The van der Waals surface area contributed by atoms with Gasteiger partial charge >= 0.3 is 0 Å². The van der Waals surface area contributed by atoms with E-state index in [-0.39, 0.29) is 5.95 Å². The summed E-state index contributed by atoms with van der Waals surface area (Å²) in [7, 11) is 0. The molecule has 4 nitrogen and oxygen atoms in total. The topological polar surface area (TPSA) is 64.9 Å². The Hall–Kier alpha value is -2.33. The lowest BCUT2D eigenvalue weighted by Gasteiger charge is -2.09. The van der Waals surface area contributed by atoms with Crippen LogP contribution >= 0.6 is 11.6 Å². The molecule has 0 unspecified atom stereocenters. The summed E-state index contributed by atoms with van der Waals surface area (Å²) in [5.41, 5.74) is 9.22. The molecule has 0 aliphatic rings. The molecule has 0 atom stereocenters. The van der Waals surface area contributed by atoms with E-state index in [1.165, 1.54) is 0 Å². The Morgan fingerprint density at radius 3 is 2.62 bits per heavy atom. The molecular formula is C16H14ClN3O. The van der Waals surface area contributed by atoms with Crippen LogP contribution in [0.25, 0.3) is 22.6 Å². The van der Waals surface area contributed by atoms with Gasteiger partial charge in [0, 0.05) is 16.8 Å². The van der Waals surface area contributed by atoms with Crippen LogP contribution < -0.4 is 5.73 Å². The highest BCUT2D eigenvalue weighted by Crippen LogP contribution is 2.33. The summed E-state index contributed by atoms with van der Waals surface area (Å²) in [4.78, 5) is 8.41. The van der Waals surface area contributed by atoms with E-state index in [4.69, 9.17) is 21.8 Å². The quantitative estimate of drug-likeness (QED) is 0.768. The van der Waals surface area contributed by atoms with E-state index in [1.54, 1.807) is 6.20 Å². The molecule has 0 fully saturated rings. The fourth-order valence-corrected chi connectivity index (χ4v) is 2.54. The minimum absolute atomic E-state index is 0.210. The molecule has 0 amide bonds. The van der Waals surface area contributed by atoms with Gasteiger partial charge in [-0.25, -0.2) is 9.97 Å². The average Bonchev–Trinajstić information content (AvgIpc) is 2.84. The van der Waals surface area contributed by atoms with Crippen molar-refractivity contribution in [2.45, 2.75) is 13.8 Å². The second-order valence-corrected chi connectivity index (χ2v) is 5.35. The zero-order chi connectivity index (χ0) is 15.0. The summed E-state index contributed by atoms with van der Waals surface area (Å²) >= 11 is 6.14. The van der Waals surface area contributed by atoms with Crippen LogP contribution in [0, 0.1) is 13.8 Å². The van der Waals surface area contributed by atoms with Crippen molar-refractivity contribution in [3.05, 3.63) is 52.9 Å². The van der Waals surface area contributed by atoms with Crippen LogP contribution in [0.2, 0.25) is 5.02 Å². The summed E-state index contributed by atoms with van der Waals surface area (Å²) in [5.74, 6) is 1.69. The molecule has 1 aromatic carbocycles. The number of benzene rings is 1. The summed E-state index contributed by atoms with van der Waals surface area (Å²) in [6.07, 6.45) is 1.70. The second kappa shape index (κ2) is 5.22. The minimum atomic E-state index is 0.210. The molecule has 0 saturated heterocycles. The summed E-state index contributed by atoms with van der Waals surface area (Å²) < 4.78 is 5.67. The molecule has 5 heteroatoms. The molecular weight excluding hydrogens is 286 g/mol. The Kier molecular flexibility index (Phi) is 3.39. The van der Waals surface area contributed by atoms with Gasteiger partial charge in [-0.2, -0.15) is 0 Å². The van der Waals surface area contributed by atoms with Gasteiger partial charge in [-0.05, 0) is 49.2 Å².